The molecule has 4 nitrogen and oxygen atoms in total. The van der Waals surface area contributed by atoms with Crippen LogP contribution in [0.25, 0.3) is 11.8 Å². The molecule has 0 bridgehead atoms. The molecule has 0 amide bonds. The van der Waals surface area contributed by atoms with Crippen molar-refractivity contribution in [2.45, 2.75) is 26.5 Å². The summed E-state index contributed by atoms with van der Waals surface area (Å²) < 4.78 is 20.2. The molecule has 0 N–H and O–H groups in total. The number of ether oxygens (including phenoxy) is 1. The molecule has 156 valence electrons. The number of halogens is 1. The van der Waals surface area contributed by atoms with Crippen molar-refractivity contribution in [3.63, 3.8) is 0 Å². The minimum Gasteiger partial charge on any atom is -0.489 e. The summed E-state index contributed by atoms with van der Waals surface area (Å²) in [6.07, 6.45) is 5.91. The average Bonchev–Trinajstić information content (AvgIpc) is 2.74. The predicted molar refractivity (Wildman–Crippen MR) is 120 cm³/mol. The van der Waals surface area contributed by atoms with Gasteiger partial charge < -0.3 is 9.64 Å². The summed E-state index contributed by atoms with van der Waals surface area (Å²) in [6.45, 7) is 5.49. The highest BCUT2D eigenvalue weighted by Crippen LogP contribution is 2.14. The monoisotopic (exact) mass is 406 g/mol. The first kappa shape index (κ1) is 21.5. The van der Waals surface area contributed by atoms with E-state index in [4.69, 9.17) is 4.74 Å². The molecule has 0 saturated heterocycles. The smallest absolute Gasteiger partial charge is 0.258 e. The van der Waals surface area contributed by atoms with E-state index < -0.39 is 0 Å². The average molecular weight is 407 g/mol. The molecule has 1 heterocycles. The van der Waals surface area contributed by atoms with Crippen LogP contribution in [0.4, 0.5) is 4.39 Å². The summed E-state index contributed by atoms with van der Waals surface area (Å²) in [6, 6.07) is 17.6. The molecule has 2 aromatic carbocycles. The van der Waals surface area contributed by atoms with Gasteiger partial charge in [-0.15, -0.1) is 0 Å². The number of nitrogens with zero attached hydrogens (tertiary/aromatic N) is 2. The van der Waals surface area contributed by atoms with Crippen LogP contribution in [0.3, 0.4) is 0 Å². The zero-order valence-electron chi connectivity index (χ0n) is 17.6. The minimum atomic E-state index is -0.286. The largest absolute Gasteiger partial charge is 0.489 e. The lowest BCUT2D eigenvalue weighted by atomic mass is 10.2. The molecular formula is C25H27FN2O2. The number of hydrogen-bond acceptors (Lipinski definition) is 3. The van der Waals surface area contributed by atoms with Crippen LogP contribution in [0.5, 0.6) is 5.75 Å². The Morgan fingerprint density at radius 1 is 1.07 bits per heavy atom. The molecule has 0 atom stereocenters. The number of rotatable bonds is 8. The van der Waals surface area contributed by atoms with Crippen molar-refractivity contribution >= 4 is 6.08 Å². The Labute approximate surface area is 176 Å². The Morgan fingerprint density at radius 2 is 1.77 bits per heavy atom. The van der Waals surface area contributed by atoms with Crippen molar-refractivity contribution < 1.29 is 9.13 Å². The van der Waals surface area contributed by atoms with Gasteiger partial charge in [0.25, 0.3) is 5.56 Å². The second kappa shape index (κ2) is 10.0. The zero-order valence-corrected chi connectivity index (χ0v) is 17.6. The lowest BCUT2D eigenvalue weighted by Gasteiger charge is -2.18. The third kappa shape index (κ3) is 5.91. The second-order valence-electron chi connectivity index (χ2n) is 7.51. The predicted octanol–water partition coefficient (Wildman–Crippen LogP) is 4.91. The minimum absolute atomic E-state index is 0.173. The van der Waals surface area contributed by atoms with E-state index in [0.29, 0.717) is 11.8 Å². The third-order valence-electron chi connectivity index (χ3n) is 4.97. The fourth-order valence-corrected chi connectivity index (χ4v) is 2.82. The summed E-state index contributed by atoms with van der Waals surface area (Å²) in [5, 5.41) is 0. The van der Waals surface area contributed by atoms with Crippen LogP contribution in [-0.4, -0.2) is 29.1 Å². The topological polar surface area (TPSA) is 34.5 Å². The maximum absolute atomic E-state index is 13.0. The van der Waals surface area contributed by atoms with E-state index in [1.165, 1.54) is 18.2 Å². The molecule has 0 radical (unpaired) electrons. The normalized spacial score (nSPS) is 11.5. The van der Waals surface area contributed by atoms with Crippen LogP contribution in [0.1, 0.15) is 25.0 Å². The van der Waals surface area contributed by atoms with Gasteiger partial charge in [-0.25, -0.2) is 4.39 Å². The quantitative estimate of drug-likeness (QED) is 0.533. The van der Waals surface area contributed by atoms with Gasteiger partial charge in [0.1, 0.15) is 18.2 Å². The first-order chi connectivity index (χ1) is 14.4. The van der Waals surface area contributed by atoms with E-state index in [0.717, 1.165) is 23.4 Å². The fourth-order valence-electron chi connectivity index (χ4n) is 2.82. The van der Waals surface area contributed by atoms with Crippen LogP contribution in [0, 0.1) is 5.82 Å². The van der Waals surface area contributed by atoms with E-state index in [9.17, 15) is 9.18 Å². The molecule has 0 aliphatic heterocycles. The highest BCUT2D eigenvalue weighted by atomic mass is 19.1. The fraction of sp³-hybridized carbons (Fsp3) is 0.240. The highest BCUT2D eigenvalue weighted by molar-refractivity contribution is 5.52. The molecule has 0 unspecified atom stereocenters. The molecule has 3 aromatic rings. The van der Waals surface area contributed by atoms with Crippen molar-refractivity contribution in [1.29, 1.82) is 0 Å². The van der Waals surface area contributed by atoms with Crippen molar-refractivity contribution in [2.75, 3.05) is 13.6 Å². The van der Waals surface area contributed by atoms with Crippen LogP contribution in [0.15, 0.2) is 77.7 Å². The Hall–Kier alpha value is -3.18. The first-order valence-corrected chi connectivity index (χ1v) is 9.99. The van der Waals surface area contributed by atoms with Crippen molar-refractivity contribution in [2.24, 2.45) is 0 Å². The van der Waals surface area contributed by atoms with Gasteiger partial charge in [-0.3, -0.25) is 9.36 Å². The van der Waals surface area contributed by atoms with Gasteiger partial charge in [0.2, 0.25) is 0 Å². The molecule has 0 spiro atoms. The zero-order chi connectivity index (χ0) is 21.5. The molecular weight excluding hydrogens is 379 g/mol. The SMILES string of the molecule is CC(C)N(C)C/C=C/c1ccc(-n2ccc(OCc3ccc(F)cc3)cc2=O)cc1. The molecule has 3 rings (SSSR count). The molecule has 5 heteroatoms. The first-order valence-electron chi connectivity index (χ1n) is 9.99. The standard InChI is InChI=1S/C25H27FN2O2/c1-19(2)27(3)15-4-5-20-8-12-23(13-9-20)28-16-14-24(17-25(28)29)30-18-21-6-10-22(26)11-7-21/h4-14,16-17,19H,15,18H2,1-3H3/b5-4+. The Kier molecular flexibility index (Phi) is 7.20. The Morgan fingerprint density at radius 3 is 2.40 bits per heavy atom. The second-order valence-corrected chi connectivity index (χ2v) is 7.51. The van der Waals surface area contributed by atoms with Gasteiger partial charge in [-0.05, 0) is 62.4 Å². The van der Waals surface area contributed by atoms with Crippen LogP contribution >= 0.6 is 0 Å². The number of benzene rings is 2. The van der Waals surface area contributed by atoms with Gasteiger partial charge in [0, 0.05) is 30.5 Å². The summed E-state index contributed by atoms with van der Waals surface area (Å²) in [7, 11) is 2.09. The molecule has 0 aliphatic rings. The lowest BCUT2D eigenvalue weighted by molar-refractivity contribution is 0.303. The van der Waals surface area contributed by atoms with Crippen molar-refractivity contribution in [3.8, 4) is 11.4 Å². The van der Waals surface area contributed by atoms with Gasteiger partial charge >= 0.3 is 0 Å². The van der Waals surface area contributed by atoms with Crippen molar-refractivity contribution in [1.82, 2.24) is 9.47 Å². The molecule has 1 aromatic heterocycles. The van der Waals surface area contributed by atoms with E-state index in [2.05, 4.69) is 37.9 Å². The summed E-state index contributed by atoms with van der Waals surface area (Å²) >= 11 is 0. The number of hydrogen-bond donors (Lipinski definition) is 0. The molecule has 0 aliphatic carbocycles. The number of pyridine rings is 1. The maximum atomic E-state index is 13.0. The number of aromatic nitrogens is 1. The molecule has 0 saturated carbocycles. The number of likely N-dealkylation sites (N-methyl/N-ethyl adjacent to an activating group) is 1. The summed E-state index contributed by atoms with van der Waals surface area (Å²) in [4.78, 5) is 14.8. The Balaban J connectivity index is 1.63. The summed E-state index contributed by atoms with van der Waals surface area (Å²) in [5.74, 6) is 0.195. The third-order valence-corrected chi connectivity index (χ3v) is 4.97. The van der Waals surface area contributed by atoms with E-state index in [1.54, 1.807) is 29.0 Å². The lowest BCUT2D eigenvalue weighted by Crippen LogP contribution is -2.26. The van der Waals surface area contributed by atoms with Gasteiger partial charge in [-0.1, -0.05) is 36.4 Å². The van der Waals surface area contributed by atoms with Gasteiger partial charge in [0.05, 0.1) is 0 Å². The van der Waals surface area contributed by atoms with Crippen LogP contribution in [-0.2, 0) is 6.61 Å². The van der Waals surface area contributed by atoms with Gasteiger partial charge in [-0.2, -0.15) is 0 Å². The van der Waals surface area contributed by atoms with E-state index in [1.807, 2.05) is 24.3 Å². The summed E-state index contributed by atoms with van der Waals surface area (Å²) in [5.41, 5.74) is 2.54. The Bertz CT molecular complexity index is 1040. The van der Waals surface area contributed by atoms with Crippen LogP contribution in [0.2, 0.25) is 0 Å². The van der Waals surface area contributed by atoms with Crippen molar-refractivity contribution in [3.05, 3.63) is 100 Å². The molecule has 0 fully saturated rings. The van der Waals surface area contributed by atoms with E-state index >= 15 is 0 Å². The molecule has 30 heavy (non-hydrogen) atoms. The highest BCUT2D eigenvalue weighted by Gasteiger charge is 2.04. The van der Waals surface area contributed by atoms with E-state index in [-0.39, 0.29) is 18.0 Å². The van der Waals surface area contributed by atoms with Crippen LogP contribution < -0.4 is 10.3 Å². The van der Waals surface area contributed by atoms with Gasteiger partial charge in [0.15, 0.2) is 0 Å². The maximum Gasteiger partial charge on any atom is 0.258 e.